The number of rotatable bonds is 1. The fraction of sp³-hybridized carbons (Fsp3) is 0.933. The van der Waals surface area contributed by atoms with Gasteiger partial charge in [-0.3, -0.25) is 4.79 Å². The normalized spacial score (nSPS) is 47.1. The van der Waals surface area contributed by atoms with Crippen molar-refractivity contribution in [3.05, 3.63) is 0 Å². The van der Waals surface area contributed by atoms with Crippen molar-refractivity contribution in [1.29, 1.82) is 0 Å². The summed E-state index contributed by atoms with van der Waals surface area (Å²) in [6.45, 7) is 8.73. The summed E-state index contributed by atoms with van der Waals surface area (Å²) in [6.07, 6.45) is 3.37. The average Bonchev–Trinajstić information content (AvgIpc) is 2.26. The minimum absolute atomic E-state index is 0.0152. The van der Waals surface area contributed by atoms with Crippen molar-refractivity contribution in [3.63, 3.8) is 0 Å². The molecule has 0 amide bonds. The highest BCUT2D eigenvalue weighted by Crippen LogP contribution is 2.53. The Morgan fingerprint density at radius 3 is 2.59 bits per heavy atom. The van der Waals surface area contributed by atoms with E-state index in [0.717, 1.165) is 19.3 Å². The van der Waals surface area contributed by atoms with E-state index in [0.29, 0.717) is 30.0 Å². The van der Waals surface area contributed by atoms with Crippen LogP contribution in [0.4, 0.5) is 0 Å². The van der Waals surface area contributed by atoms with E-state index >= 15 is 0 Å². The Labute approximate surface area is 105 Å². The summed E-state index contributed by atoms with van der Waals surface area (Å²) >= 11 is 0. The van der Waals surface area contributed by atoms with Crippen LogP contribution in [0.2, 0.25) is 0 Å². The largest absolute Gasteiger partial charge is 0.393 e. The number of hydrogen-bond acceptors (Lipinski definition) is 2. The molecule has 0 aromatic rings. The van der Waals surface area contributed by atoms with Crippen LogP contribution in [0.5, 0.6) is 0 Å². The van der Waals surface area contributed by atoms with E-state index in [1.54, 1.807) is 0 Å². The van der Waals surface area contributed by atoms with Crippen LogP contribution in [0.15, 0.2) is 0 Å². The molecule has 2 nitrogen and oxygen atoms in total. The molecule has 2 heteroatoms. The summed E-state index contributed by atoms with van der Waals surface area (Å²) in [5, 5.41) is 10.5. The molecule has 17 heavy (non-hydrogen) atoms. The topological polar surface area (TPSA) is 37.3 Å². The van der Waals surface area contributed by atoms with Gasteiger partial charge in [0.25, 0.3) is 0 Å². The van der Waals surface area contributed by atoms with Crippen molar-refractivity contribution >= 4 is 5.78 Å². The zero-order valence-corrected chi connectivity index (χ0v) is 11.6. The van der Waals surface area contributed by atoms with Crippen LogP contribution in [-0.4, -0.2) is 17.0 Å². The fourth-order valence-electron chi connectivity index (χ4n) is 4.01. The second-order valence-electron chi connectivity index (χ2n) is 6.86. The maximum Gasteiger partial charge on any atom is 0.136 e. The molecule has 2 aliphatic carbocycles. The zero-order chi connectivity index (χ0) is 12.8. The molecule has 0 aliphatic heterocycles. The number of carbonyl (C=O) groups is 1. The van der Waals surface area contributed by atoms with Crippen molar-refractivity contribution in [1.82, 2.24) is 0 Å². The molecule has 0 aromatic carbocycles. The van der Waals surface area contributed by atoms with Gasteiger partial charge in [-0.25, -0.2) is 0 Å². The zero-order valence-electron chi connectivity index (χ0n) is 11.6. The fourth-order valence-corrected chi connectivity index (χ4v) is 4.01. The number of fused-ring (bicyclic) bond motifs is 1. The average molecular weight is 238 g/mol. The molecule has 5 atom stereocenters. The lowest BCUT2D eigenvalue weighted by Crippen LogP contribution is -2.52. The molecule has 0 aromatic heterocycles. The van der Waals surface area contributed by atoms with Crippen LogP contribution in [0.3, 0.4) is 0 Å². The Balaban J connectivity index is 2.24. The minimum atomic E-state index is -0.218. The van der Waals surface area contributed by atoms with Gasteiger partial charge in [-0.05, 0) is 42.4 Å². The molecule has 1 unspecified atom stereocenters. The molecular weight excluding hydrogens is 212 g/mol. The van der Waals surface area contributed by atoms with Crippen LogP contribution >= 0.6 is 0 Å². The summed E-state index contributed by atoms with van der Waals surface area (Å²) in [5.74, 6) is 2.13. The van der Waals surface area contributed by atoms with Crippen LogP contribution in [0, 0.1) is 29.1 Å². The lowest BCUT2D eigenvalue weighted by atomic mass is 9.52. The first-order chi connectivity index (χ1) is 7.86. The van der Waals surface area contributed by atoms with Gasteiger partial charge in [-0.2, -0.15) is 0 Å². The minimum Gasteiger partial charge on any atom is -0.393 e. The van der Waals surface area contributed by atoms with E-state index in [1.165, 1.54) is 0 Å². The standard InChI is InChI=1S/C15H26O2/c1-9(2)11-7-12-10(3)13(16)5-6-15(12,4)14(17)8-11/h9-12,14,17H,5-8H2,1-4H3/t10-,11-,12+,14?,15-/m1/s1. The van der Waals surface area contributed by atoms with E-state index in [-0.39, 0.29) is 17.4 Å². The Kier molecular flexibility index (Phi) is 3.37. The second kappa shape index (κ2) is 4.38. The molecule has 2 rings (SSSR count). The van der Waals surface area contributed by atoms with Crippen LogP contribution < -0.4 is 0 Å². The molecule has 1 N–H and O–H groups in total. The Morgan fingerprint density at radius 2 is 2.00 bits per heavy atom. The van der Waals surface area contributed by atoms with Crippen molar-refractivity contribution in [2.24, 2.45) is 29.1 Å². The predicted molar refractivity (Wildman–Crippen MR) is 68.6 cm³/mol. The first kappa shape index (κ1) is 13.1. The van der Waals surface area contributed by atoms with Gasteiger partial charge in [0.1, 0.15) is 5.78 Å². The number of ketones is 1. The summed E-state index contributed by atoms with van der Waals surface area (Å²) in [6, 6.07) is 0. The molecule has 0 bridgehead atoms. The summed E-state index contributed by atoms with van der Waals surface area (Å²) in [7, 11) is 0. The molecule has 0 saturated heterocycles. The smallest absolute Gasteiger partial charge is 0.136 e. The summed E-state index contributed by atoms with van der Waals surface area (Å²) < 4.78 is 0. The molecule has 2 saturated carbocycles. The van der Waals surface area contributed by atoms with Gasteiger partial charge in [-0.15, -0.1) is 0 Å². The first-order valence-corrected chi connectivity index (χ1v) is 7.07. The van der Waals surface area contributed by atoms with Gasteiger partial charge in [0.2, 0.25) is 0 Å². The highest BCUT2D eigenvalue weighted by Gasteiger charge is 2.52. The van der Waals surface area contributed by atoms with Gasteiger partial charge >= 0.3 is 0 Å². The van der Waals surface area contributed by atoms with E-state index in [1.807, 2.05) is 0 Å². The Bertz CT molecular complexity index is 310. The quantitative estimate of drug-likeness (QED) is 0.762. The van der Waals surface area contributed by atoms with Crippen LogP contribution in [-0.2, 0) is 4.79 Å². The third-order valence-electron chi connectivity index (χ3n) is 5.66. The third-order valence-corrected chi connectivity index (χ3v) is 5.66. The molecule has 0 heterocycles. The SMILES string of the molecule is CC(C)[C@H]1CC(O)[C@]2(C)CCC(=O)[C@H](C)[C@@H]2C1. The molecule has 2 aliphatic rings. The second-order valence-corrected chi connectivity index (χ2v) is 6.86. The lowest BCUT2D eigenvalue weighted by Gasteiger charge is -2.53. The molecular formula is C15H26O2. The Morgan fingerprint density at radius 1 is 1.35 bits per heavy atom. The number of hydrogen-bond donors (Lipinski definition) is 1. The van der Waals surface area contributed by atoms with Gasteiger partial charge < -0.3 is 5.11 Å². The van der Waals surface area contributed by atoms with E-state index in [4.69, 9.17) is 0 Å². The highest BCUT2D eigenvalue weighted by molar-refractivity contribution is 5.82. The van der Waals surface area contributed by atoms with Crippen molar-refractivity contribution in [2.45, 2.75) is 59.5 Å². The van der Waals surface area contributed by atoms with Crippen LogP contribution in [0.25, 0.3) is 0 Å². The van der Waals surface area contributed by atoms with E-state index < -0.39 is 0 Å². The summed E-state index contributed by atoms with van der Waals surface area (Å²) in [4.78, 5) is 11.9. The maximum atomic E-state index is 11.9. The van der Waals surface area contributed by atoms with Gasteiger partial charge in [0.15, 0.2) is 0 Å². The van der Waals surface area contributed by atoms with Crippen LogP contribution in [0.1, 0.15) is 53.4 Å². The highest BCUT2D eigenvalue weighted by atomic mass is 16.3. The lowest BCUT2D eigenvalue weighted by molar-refractivity contribution is -0.146. The first-order valence-electron chi connectivity index (χ1n) is 7.07. The van der Waals surface area contributed by atoms with Gasteiger partial charge in [-0.1, -0.05) is 27.7 Å². The molecule has 2 fully saturated rings. The summed E-state index contributed by atoms with van der Waals surface area (Å²) in [5.41, 5.74) is -0.0152. The number of Topliss-reactive ketones (excluding diaryl/α,β-unsaturated/α-hetero) is 1. The predicted octanol–water partition coefficient (Wildman–Crippen LogP) is 3.03. The monoisotopic (exact) mass is 238 g/mol. The number of aliphatic hydroxyl groups excluding tert-OH is 1. The number of aliphatic hydroxyl groups is 1. The van der Waals surface area contributed by atoms with Gasteiger partial charge in [0.05, 0.1) is 6.10 Å². The Hall–Kier alpha value is -0.370. The van der Waals surface area contributed by atoms with E-state index in [9.17, 15) is 9.90 Å². The number of carbonyl (C=O) groups excluding carboxylic acids is 1. The van der Waals surface area contributed by atoms with E-state index in [2.05, 4.69) is 27.7 Å². The van der Waals surface area contributed by atoms with Crippen molar-refractivity contribution < 1.29 is 9.90 Å². The molecule has 98 valence electrons. The maximum absolute atomic E-state index is 11.9. The van der Waals surface area contributed by atoms with Gasteiger partial charge in [0, 0.05) is 12.3 Å². The van der Waals surface area contributed by atoms with Crippen molar-refractivity contribution in [2.75, 3.05) is 0 Å². The van der Waals surface area contributed by atoms with Crippen molar-refractivity contribution in [3.8, 4) is 0 Å². The molecule has 0 radical (unpaired) electrons. The molecule has 0 spiro atoms. The third kappa shape index (κ3) is 2.05.